The predicted molar refractivity (Wildman–Crippen MR) is 72.3 cm³/mol. The zero-order valence-electron chi connectivity index (χ0n) is 11.7. The quantitative estimate of drug-likeness (QED) is 0.845. The van der Waals surface area contributed by atoms with Gasteiger partial charge in [0.25, 0.3) is 0 Å². The van der Waals surface area contributed by atoms with Gasteiger partial charge in [0.1, 0.15) is 11.6 Å². The molecule has 0 spiro atoms. The summed E-state index contributed by atoms with van der Waals surface area (Å²) in [7, 11) is 6.12. The van der Waals surface area contributed by atoms with Gasteiger partial charge in [0.2, 0.25) is 0 Å². The number of halogens is 1. The third kappa shape index (κ3) is 4.27. The van der Waals surface area contributed by atoms with Crippen molar-refractivity contribution in [2.24, 2.45) is 0 Å². The predicted octanol–water partition coefficient (Wildman–Crippen LogP) is 2.48. The van der Waals surface area contributed by atoms with Gasteiger partial charge in [-0.1, -0.05) is 6.07 Å². The van der Waals surface area contributed by atoms with E-state index in [4.69, 9.17) is 0 Å². The highest BCUT2D eigenvalue weighted by atomic mass is 19.1. The van der Waals surface area contributed by atoms with E-state index in [0.717, 1.165) is 25.1 Å². The fourth-order valence-electron chi connectivity index (χ4n) is 1.94. The van der Waals surface area contributed by atoms with E-state index in [1.807, 2.05) is 14.0 Å². The van der Waals surface area contributed by atoms with Gasteiger partial charge in [0.15, 0.2) is 0 Å². The van der Waals surface area contributed by atoms with Crippen LogP contribution in [0.4, 0.5) is 4.39 Å². The largest absolute Gasteiger partial charge is 0.508 e. The number of nitrogens with zero attached hydrogens (tertiary/aromatic N) is 2. The molecule has 0 radical (unpaired) electrons. The molecule has 4 heteroatoms. The number of phenols is 1. The minimum absolute atomic E-state index is 0.0296. The van der Waals surface area contributed by atoms with Crippen LogP contribution in [0.5, 0.6) is 5.75 Å². The Morgan fingerprint density at radius 2 is 1.89 bits per heavy atom. The molecule has 102 valence electrons. The van der Waals surface area contributed by atoms with Gasteiger partial charge in [-0.25, -0.2) is 4.39 Å². The van der Waals surface area contributed by atoms with Gasteiger partial charge in [0.05, 0.1) is 0 Å². The van der Waals surface area contributed by atoms with Crippen LogP contribution in [-0.2, 0) is 0 Å². The Balaban J connectivity index is 2.59. The van der Waals surface area contributed by atoms with E-state index in [-0.39, 0.29) is 11.8 Å². The van der Waals surface area contributed by atoms with Crippen LogP contribution < -0.4 is 0 Å². The number of benzene rings is 1. The van der Waals surface area contributed by atoms with E-state index < -0.39 is 5.82 Å². The minimum atomic E-state index is -0.404. The van der Waals surface area contributed by atoms with Crippen molar-refractivity contribution >= 4 is 0 Å². The van der Waals surface area contributed by atoms with Crippen molar-refractivity contribution in [2.45, 2.75) is 19.4 Å². The maximum Gasteiger partial charge on any atom is 0.126 e. The molecule has 3 nitrogen and oxygen atoms in total. The summed E-state index contributed by atoms with van der Waals surface area (Å²) in [4.78, 5) is 4.31. The molecule has 1 aromatic rings. The van der Waals surface area contributed by atoms with Crippen LogP contribution >= 0.6 is 0 Å². The minimum Gasteiger partial charge on any atom is -0.508 e. The van der Waals surface area contributed by atoms with E-state index in [1.165, 1.54) is 12.1 Å². The van der Waals surface area contributed by atoms with Crippen molar-refractivity contribution in [2.75, 3.05) is 34.2 Å². The van der Waals surface area contributed by atoms with Gasteiger partial charge in [-0.3, -0.25) is 4.90 Å². The van der Waals surface area contributed by atoms with Crippen LogP contribution in [0.15, 0.2) is 18.2 Å². The molecule has 0 aliphatic heterocycles. The number of phenolic OH excluding ortho intramolecular Hbond substituents is 1. The lowest BCUT2D eigenvalue weighted by atomic mass is 10.1. The lowest BCUT2D eigenvalue weighted by Gasteiger charge is -2.26. The Kier molecular flexibility index (Phi) is 5.56. The molecule has 0 fully saturated rings. The Labute approximate surface area is 109 Å². The van der Waals surface area contributed by atoms with Crippen LogP contribution in [0, 0.1) is 5.82 Å². The normalized spacial score (nSPS) is 13.3. The highest BCUT2D eigenvalue weighted by molar-refractivity contribution is 5.34. The van der Waals surface area contributed by atoms with Crippen LogP contribution in [0.25, 0.3) is 0 Å². The van der Waals surface area contributed by atoms with Gasteiger partial charge in [-0.05, 0) is 53.6 Å². The summed E-state index contributed by atoms with van der Waals surface area (Å²) in [6.45, 7) is 3.99. The van der Waals surface area contributed by atoms with E-state index in [2.05, 4.69) is 23.9 Å². The van der Waals surface area contributed by atoms with Crippen molar-refractivity contribution in [3.8, 4) is 5.75 Å². The number of hydrogen-bond donors (Lipinski definition) is 1. The molecule has 0 saturated heterocycles. The van der Waals surface area contributed by atoms with Crippen molar-refractivity contribution in [1.29, 1.82) is 0 Å². The van der Waals surface area contributed by atoms with E-state index in [0.29, 0.717) is 0 Å². The lowest BCUT2D eigenvalue weighted by molar-refractivity contribution is 0.240. The summed E-state index contributed by atoms with van der Waals surface area (Å²) in [5.41, 5.74) is 0.767. The summed E-state index contributed by atoms with van der Waals surface area (Å²) in [6.07, 6.45) is 1.07. The van der Waals surface area contributed by atoms with Crippen molar-refractivity contribution in [3.05, 3.63) is 29.6 Å². The average Bonchev–Trinajstić information content (AvgIpc) is 2.27. The van der Waals surface area contributed by atoms with Gasteiger partial charge >= 0.3 is 0 Å². The van der Waals surface area contributed by atoms with Crippen molar-refractivity contribution in [3.63, 3.8) is 0 Å². The van der Waals surface area contributed by atoms with E-state index >= 15 is 0 Å². The lowest BCUT2D eigenvalue weighted by Crippen LogP contribution is -2.26. The number of rotatable bonds is 6. The molecule has 0 heterocycles. The summed E-state index contributed by atoms with van der Waals surface area (Å²) in [5.74, 6) is -0.374. The maximum absolute atomic E-state index is 12.9. The first-order valence-corrected chi connectivity index (χ1v) is 6.25. The molecule has 1 atom stereocenters. The van der Waals surface area contributed by atoms with Gasteiger partial charge in [-0.2, -0.15) is 0 Å². The molecule has 0 aromatic heterocycles. The second-order valence-corrected chi connectivity index (χ2v) is 5.02. The zero-order valence-corrected chi connectivity index (χ0v) is 11.7. The first-order chi connectivity index (χ1) is 8.41. The average molecular weight is 254 g/mol. The Hall–Kier alpha value is -1.13. The summed E-state index contributed by atoms with van der Waals surface area (Å²) in [6, 6.07) is 4.28. The molecule has 0 saturated carbocycles. The smallest absolute Gasteiger partial charge is 0.126 e. The second kappa shape index (κ2) is 6.71. The van der Waals surface area contributed by atoms with E-state index in [1.54, 1.807) is 6.07 Å². The highest BCUT2D eigenvalue weighted by Crippen LogP contribution is 2.28. The summed E-state index contributed by atoms with van der Waals surface area (Å²) in [5, 5.41) is 9.75. The molecule has 1 aromatic carbocycles. The molecular weight excluding hydrogens is 231 g/mol. The first-order valence-electron chi connectivity index (χ1n) is 6.25. The van der Waals surface area contributed by atoms with Crippen LogP contribution in [0.3, 0.4) is 0 Å². The topological polar surface area (TPSA) is 26.7 Å². The van der Waals surface area contributed by atoms with E-state index in [9.17, 15) is 9.50 Å². The Morgan fingerprint density at radius 3 is 2.44 bits per heavy atom. The van der Waals surface area contributed by atoms with Crippen molar-refractivity contribution in [1.82, 2.24) is 9.80 Å². The Bertz CT molecular complexity index is 382. The molecule has 1 unspecified atom stereocenters. The maximum atomic E-state index is 12.9. The monoisotopic (exact) mass is 254 g/mol. The zero-order chi connectivity index (χ0) is 13.7. The fourth-order valence-corrected chi connectivity index (χ4v) is 1.94. The first kappa shape index (κ1) is 14.9. The molecule has 18 heavy (non-hydrogen) atoms. The van der Waals surface area contributed by atoms with Gasteiger partial charge in [-0.15, -0.1) is 0 Å². The van der Waals surface area contributed by atoms with Crippen LogP contribution in [0.2, 0.25) is 0 Å². The SMILES string of the molecule is CC(c1ccc(F)cc1O)N(C)CCCN(C)C. The highest BCUT2D eigenvalue weighted by Gasteiger charge is 2.15. The van der Waals surface area contributed by atoms with Crippen LogP contribution in [-0.4, -0.2) is 49.1 Å². The third-order valence-electron chi connectivity index (χ3n) is 3.22. The van der Waals surface area contributed by atoms with Gasteiger partial charge in [0, 0.05) is 17.7 Å². The molecule has 0 amide bonds. The Morgan fingerprint density at radius 1 is 1.22 bits per heavy atom. The molecule has 0 bridgehead atoms. The third-order valence-corrected chi connectivity index (χ3v) is 3.22. The fraction of sp³-hybridized carbons (Fsp3) is 0.571. The molecular formula is C14H23FN2O. The van der Waals surface area contributed by atoms with Gasteiger partial charge < -0.3 is 10.0 Å². The number of hydrogen-bond acceptors (Lipinski definition) is 3. The molecule has 0 aliphatic carbocycles. The van der Waals surface area contributed by atoms with Crippen molar-refractivity contribution < 1.29 is 9.50 Å². The standard InChI is InChI=1S/C14H23FN2O/c1-11(17(4)9-5-8-16(2)3)13-7-6-12(15)10-14(13)18/h6-7,10-11,18H,5,8-9H2,1-4H3. The number of aromatic hydroxyl groups is 1. The molecule has 1 rings (SSSR count). The summed E-state index contributed by atoms with van der Waals surface area (Å²) < 4.78 is 12.9. The second-order valence-electron chi connectivity index (χ2n) is 5.02. The van der Waals surface area contributed by atoms with Crippen LogP contribution in [0.1, 0.15) is 24.9 Å². The molecule has 1 N–H and O–H groups in total. The summed E-state index contributed by atoms with van der Waals surface area (Å²) >= 11 is 0. The molecule has 0 aliphatic rings.